The topological polar surface area (TPSA) is 155 Å². The molecule has 1 aliphatic heterocycles. The number of nitrogens with zero attached hydrogens (tertiary/aromatic N) is 4. The molecule has 4 aromatic carbocycles. The number of hydrogen-bond acceptors (Lipinski definition) is 10. The Morgan fingerprint density at radius 1 is 0.833 bits per heavy atom. The number of ether oxygens (including phenoxy) is 3. The summed E-state index contributed by atoms with van der Waals surface area (Å²) >= 11 is 0. The lowest BCUT2D eigenvalue weighted by Crippen LogP contribution is -2.47. The van der Waals surface area contributed by atoms with Gasteiger partial charge in [-0.05, 0) is 66.1 Å². The van der Waals surface area contributed by atoms with Gasteiger partial charge in [-0.2, -0.15) is 0 Å². The van der Waals surface area contributed by atoms with Crippen LogP contribution in [0.2, 0.25) is 0 Å². The molecule has 0 bridgehead atoms. The van der Waals surface area contributed by atoms with E-state index in [9.17, 15) is 18.0 Å². The molecule has 318 valence electrons. The maximum absolute atomic E-state index is 13.5. The van der Waals surface area contributed by atoms with E-state index < -0.39 is 16.1 Å². The molecular formula is C45H55N7O7S. The number of methoxy groups -OCH3 is 2. The number of carbonyl (C=O) groups is 2. The molecule has 2 heterocycles. The van der Waals surface area contributed by atoms with Crippen LogP contribution in [0, 0.1) is 0 Å². The van der Waals surface area contributed by atoms with Gasteiger partial charge in [0, 0.05) is 81.5 Å². The van der Waals surface area contributed by atoms with Gasteiger partial charge >= 0.3 is 6.03 Å². The Balaban J connectivity index is 1.15. The minimum Gasteiger partial charge on any atom is -0.496 e. The Bertz CT molecular complexity index is 2460. The van der Waals surface area contributed by atoms with Gasteiger partial charge in [-0.3, -0.25) is 19.4 Å². The minimum absolute atomic E-state index is 0.0840. The molecule has 0 saturated carbocycles. The number of aromatic nitrogens is 1. The summed E-state index contributed by atoms with van der Waals surface area (Å²) in [7, 11) is 3.31. The quantitative estimate of drug-likeness (QED) is 0.104. The lowest BCUT2D eigenvalue weighted by atomic mass is 9.86. The smallest absolute Gasteiger partial charge is 0.323 e. The van der Waals surface area contributed by atoms with E-state index in [2.05, 4.69) is 37.2 Å². The number of urea groups is 1. The summed E-state index contributed by atoms with van der Waals surface area (Å²) in [6.45, 7) is 11.5. The van der Waals surface area contributed by atoms with Crippen LogP contribution in [0.1, 0.15) is 48.0 Å². The van der Waals surface area contributed by atoms with E-state index in [0.717, 1.165) is 66.6 Å². The molecule has 1 aliphatic rings. The van der Waals surface area contributed by atoms with Gasteiger partial charge in [0.05, 0.1) is 43.1 Å². The van der Waals surface area contributed by atoms with Gasteiger partial charge in [-0.25, -0.2) is 13.2 Å². The van der Waals surface area contributed by atoms with Crippen molar-refractivity contribution < 1.29 is 32.2 Å². The Labute approximate surface area is 352 Å². The molecule has 15 heteroatoms. The highest BCUT2D eigenvalue weighted by molar-refractivity contribution is 7.92. The molecule has 1 fully saturated rings. The number of nitrogens with one attached hydrogen (secondary N) is 3. The second kappa shape index (κ2) is 18.6. The molecule has 5 aromatic rings. The van der Waals surface area contributed by atoms with Gasteiger partial charge in [0.2, 0.25) is 10.0 Å². The fraction of sp³-hybridized carbons (Fsp3) is 0.356. The first-order valence-electron chi connectivity index (χ1n) is 19.8. The van der Waals surface area contributed by atoms with Crippen LogP contribution in [0.3, 0.4) is 0 Å². The summed E-state index contributed by atoms with van der Waals surface area (Å²) in [4.78, 5) is 38.0. The standard InChI is InChI=1S/C45H55N7O7S/c1-45(2,3)31-27-38(42(58-7)39(28-31)49-60(8,55)56)48-44(54)47-37-15-16-40(35-12-10-9-11-34(35)37)59-33-17-18-46-32(29-33)25-30-13-14-36(41(26-30)57-6)43(53)51(5)21-24-52-22-19-50(4)20-23-52/h9-18,26-29,49H,19-25H2,1-8H3,(H2,47,48,54). The third-order valence-corrected chi connectivity index (χ3v) is 11.0. The molecule has 0 unspecified atom stereocenters. The number of benzene rings is 4. The van der Waals surface area contributed by atoms with Crippen molar-refractivity contribution in [2.75, 3.05) is 89.2 Å². The van der Waals surface area contributed by atoms with Crippen LogP contribution in [-0.2, 0) is 21.9 Å². The van der Waals surface area contributed by atoms with Crippen molar-refractivity contribution in [1.82, 2.24) is 19.7 Å². The number of pyridine rings is 1. The number of carbonyl (C=O) groups excluding carboxylic acids is 2. The average molecular weight is 838 g/mol. The Hall–Kier alpha value is -5.90. The first kappa shape index (κ1) is 43.7. The van der Waals surface area contributed by atoms with Crippen LogP contribution in [0.4, 0.5) is 21.9 Å². The van der Waals surface area contributed by atoms with Gasteiger partial charge in [0.1, 0.15) is 17.2 Å². The van der Waals surface area contributed by atoms with E-state index in [-0.39, 0.29) is 22.8 Å². The molecule has 1 saturated heterocycles. The summed E-state index contributed by atoms with van der Waals surface area (Å²) in [5.41, 5.74) is 3.68. The summed E-state index contributed by atoms with van der Waals surface area (Å²) in [6.07, 6.45) is 3.23. The molecule has 3 N–H and O–H groups in total. The van der Waals surface area contributed by atoms with Crippen molar-refractivity contribution in [2.24, 2.45) is 0 Å². The van der Waals surface area contributed by atoms with E-state index in [1.807, 2.05) is 76.3 Å². The second-order valence-corrected chi connectivity index (χ2v) is 17.9. The molecule has 0 atom stereocenters. The second-order valence-electron chi connectivity index (χ2n) is 16.1. The van der Waals surface area contributed by atoms with E-state index in [1.54, 1.807) is 48.5 Å². The van der Waals surface area contributed by atoms with Crippen LogP contribution < -0.4 is 29.6 Å². The molecule has 0 spiro atoms. The lowest BCUT2D eigenvalue weighted by molar-refractivity contribution is 0.0756. The summed E-state index contributed by atoms with van der Waals surface area (Å²) < 4.78 is 44.6. The maximum atomic E-state index is 13.5. The van der Waals surface area contributed by atoms with Crippen LogP contribution in [0.25, 0.3) is 10.8 Å². The number of hydrogen-bond donors (Lipinski definition) is 3. The number of rotatable bonds is 14. The monoisotopic (exact) mass is 837 g/mol. The third-order valence-electron chi connectivity index (χ3n) is 10.4. The Kier molecular flexibility index (Phi) is 13.5. The van der Waals surface area contributed by atoms with Crippen molar-refractivity contribution in [3.05, 3.63) is 107 Å². The number of amides is 3. The molecule has 60 heavy (non-hydrogen) atoms. The largest absolute Gasteiger partial charge is 0.496 e. The van der Waals surface area contributed by atoms with E-state index >= 15 is 0 Å². The zero-order valence-electron chi connectivity index (χ0n) is 35.6. The number of fused-ring (bicyclic) bond motifs is 1. The van der Waals surface area contributed by atoms with Crippen LogP contribution >= 0.6 is 0 Å². The first-order chi connectivity index (χ1) is 28.5. The van der Waals surface area contributed by atoms with Gasteiger partial charge in [0.15, 0.2) is 5.75 Å². The van der Waals surface area contributed by atoms with Crippen LogP contribution in [0.15, 0.2) is 85.1 Å². The maximum Gasteiger partial charge on any atom is 0.323 e. The normalized spacial score (nSPS) is 13.7. The predicted octanol–water partition coefficient (Wildman–Crippen LogP) is 7.27. The first-order valence-corrected chi connectivity index (χ1v) is 21.7. The van der Waals surface area contributed by atoms with Crippen LogP contribution in [0.5, 0.6) is 23.0 Å². The van der Waals surface area contributed by atoms with Crippen molar-refractivity contribution in [2.45, 2.75) is 32.6 Å². The van der Waals surface area contributed by atoms with E-state index in [0.29, 0.717) is 47.2 Å². The third kappa shape index (κ3) is 11.0. The van der Waals surface area contributed by atoms with Crippen molar-refractivity contribution in [3.8, 4) is 23.0 Å². The molecule has 0 radical (unpaired) electrons. The fourth-order valence-corrected chi connectivity index (χ4v) is 7.59. The summed E-state index contributed by atoms with van der Waals surface area (Å²) in [5, 5.41) is 7.29. The number of piperazine rings is 1. The zero-order chi connectivity index (χ0) is 43.2. The van der Waals surface area contributed by atoms with Gasteiger partial charge < -0.3 is 34.6 Å². The molecule has 3 amide bonds. The minimum atomic E-state index is -3.64. The lowest BCUT2D eigenvalue weighted by Gasteiger charge is -2.33. The fourth-order valence-electron chi connectivity index (χ4n) is 7.04. The van der Waals surface area contributed by atoms with Crippen molar-refractivity contribution in [1.29, 1.82) is 0 Å². The predicted molar refractivity (Wildman–Crippen MR) is 238 cm³/mol. The van der Waals surface area contributed by atoms with Crippen molar-refractivity contribution in [3.63, 3.8) is 0 Å². The summed E-state index contributed by atoms with van der Waals surface area (Å²) in [6, 6.07) is 23.3. The van der Waals surface area contributed by atoms with E-state index in [1.165, 1.54) is 7.11 Å². The van der Waals surface area contributed by atoms with Gasteiger partial charge in [-0.1, -0.05) is 51.1 Å². The van der Waals surface area contributed by atoms with Crippen molar-refractivity contribution >= 4 is 49.8 Å². The zero-order valence-corrected chi connectivity index (χ0v) is 36.4. The average Bonchev–Trinajstić information content (AvgIpc) is 3.20. The molecule has 1 aromatic heterocycles. The van der Waals surface area contributed by atoms with E-state index in [4.69, 9.17) is 14.2 Å². The van der Waals surface area contributed by atoms with Gasteiger partial charge in [-0.15, -0.1) is 0 Å². The molecule has 14 nitrogen and oxygen atoms in total. The highest BCUT2D eigenvalue weighted by Crippen LogP contribution is 2.40. The van der Waals surface area contributed by atoms with Crippen LogP contribution in [-0.4, -0.2) is 114 Å². The number of likely N-dealkylation sites (N-methyl/N-ethyl adjacent to an activating group) is 2. The molecular weight excluding hydrogens is 783 g/mol. The number of sulfonamides is 1. The number of anilines is 3. The highest BCUT2D eigenvalue weighted by atomic mass is 32.2. The Morgan fingerprint density at radius 2 is 1.53 bits per heavy atom. The highest BCUT2D eigenvalue weighted by Gasteiger charge is 2.23. The SMILES string of the molecule is COc1cc(Cc2cc(Oc3ccc(NC(=O)Nc4cc(C(C)(C)C)cc(NS(C)(=O)=O)c4OC)c4ccccc34)ccn2)ccc1C(=O)N(C)CCN1CCN(C)CC1. The molecule has 6 rings (SSSR count). The van der Waals surface area contributed by atoms with Gasteiger partial charge in [0.25, 0.3) is 5.91 Å². The summed E-state index contributed by atoms with van der Waals surface area (Å²) in [5.74, 6) is 1.76. The Morgan fingerprint density at radius 3 is 2.22 bits per heavy atom. The molecule has 0 aliphatic carbocycles.